The summed E-state index contributed by atoms with van der Waals surface area (Å²) >= 11 is 12.5. The average molecular weight is 386 g/mol. The number of nitrogens with zero attached hydrogens (tertiary/aromatic N) is 2. The molecular weight excluding hydrogens is 369 g/mol. The van der Waals surface area contributed by atoms with Crippen LogP contribution in [0.25, 0.3) is 22.7 Å². The summed E-state index contributed by atoms with van der Waals surface area (Å²) in [5.41, 5.74) is 2.67. The van der Waals surface area contributed by atoms with Crippen LogP contribution in [0.1, 0.15) is 25.2 Å². The number of hydrogen-bond acceptors (Lipinski definition) is 3. The predicted molar refractivity (Wildman–Crippen MR) is 106 cm³/mol. The van der Waals surface area contributed by atoms with Gasteiger partial charge in [-0.3, -0.25) is 0 Å². The van der Waals surface area contributed by atoms with Gasteiger partial charge in [0.2, 0.25) is 0 Å². The van der Waals surface area contributed by atoms with Crippen molar-refractivity contribution in [3.63, 3.8) is 0 Å². The lowest BCUT2D eigenvalue weighted by Crippen LogP contribution is -2.06. The van der Waals surface area contributed by atoms with E-state index in [1.54, 1.807) is 18.2 Å². The predicted octanol–water partition coefficient (Wildman–Crippen LogP) is 5.97. The van der Waals surface area contributed by atoms with Crippen molar-refractivity contribution in [1.29, 1.82) is 5.26 Å². The monoisotopic (exact) mass is 385 g/mol. The second-order valence-electron chi connectivity index (χ2n) is 6.28. The van der Waals surface area contributed by atoms with Crippen molar-refractivity contribution in [2.24, 2.45) is 5.92 Å². The molecule has 0 spiro atoms. The highest BCUT2D eigenvalue weighted by Gasteiger charge is 2.14. The van der Waals surface area contributed by atoms with E-state index in [1.807, 2.05) is 24.3 Å². The normalized spacial score (nSPS) is 11.8. The Morgan fingerprint density at radius 3 is 2.77 bits per heavy atom. The van der Waals surface area contributed by atoms with E-state index in [-0.39, 0.29) is 0 Å². The van der Waals surface area contributed by atoms with Crippen LogP contribution in [0.2, 0.25) is 10.0 Å². The van der Waals surface area contributed by atoms with Gasteiger partial charge in [-0.1, -0.05) is 49.2 Å². The van der Waals surface area contributed by atoms with E-state index < -0.39 is 0 Å². The Morgan fingerprint density at radius 2 is 2.08 bits per heavy atom. The van der Waals surface area contributed by atoms with E-state index in [1.165, 1.54) is 0 Å². The van der Waals surface area contributed by atoms with E-state index in [0.29, 0.717) is 45.3 Å². The standard InChI is InChI=1S/C20H17Cl2N3O/c1-12(2)11-26-19-13(8-15(21)9-16(19)22)7-14(10-23)20-24-17-5-3-4-6-18(17)25-20/h3-9,12H,11H2,1-2H3,(H,24,25)/b14-7+. The highest BCUT2D eigenvalue weighted by Crippen LogP contribution is 2.35. The first kappa shape index (κ1) is 18.3. The minimum absolute atomic E-state index is 0.337. The number of fused-ring (bicyclic) bond motifs is 1. The number of nitrogens with one attached hydrogen (secondary N) is 1. The minimum atomic E-state index is 0.337. The number of aromatic nitrogens is 2. The zero-order chi connectivity index (χ0) is 18.7. The fraction of sp³-hybridized carbons (Fsp3) is 0.200. The largest absolute Gasteiger partial charge is 0.491 e. The molecule has 2 aromatic carbocycles. The van der Waals surface area contributed by atoms with Crippen LogP contribution < -0.4 is 4.74 Å². The molecule has 0 aliphatic rings. The first-order chi connectivity index (χ1) is 12.5. The van der Waals surface area contributed by atoms with E-state index in [4.69, 9.17) is 27.9 Å². The maximum Gasteiger partial charge on any atom is 0.149 e. The first-order valence-corrected chi connectivity index (χ1v) is 8.92. The molecule has 0 saturated carbocycles. The summed E-state index contributed by atoms with van der Waals surface area (Å²) in [5, 5.41) is 10.5. The molecule has 3 rings (SSSR count). The van der Waals surface area contributed by atoms with E-state index in [0.717, 1.165) is 11.0 Å². The fourth-order valence-electron chi connectivity index (χ4n) is 2.48. The molecule has 0 atom stereocenters. The summed E-state index contributed by atoms with van der Waals surface area (Å²) in [7, 11) is 0. The zero-order valence-electron chi connectivity index (χ0n) is 14.4. The third-order valence-electron chi connectivity index (χ3n) is 3.66. The maximum atomic E-state index is 9.63. The molecule has 1 heterocycles. The third-order valence-corrected chi connectivity index (χ3v) is 4.16. The lowest BCUT2D eigenvalue weighted by Gasteiger charge is -2.13. The second kappa shape index (κ2) is 7.82. The number of rotatable bonds is 5. The number of imidazole rings is 1. The van der Waals surface area contributed by atoms with E-state index in [9.17, 15) is 5.26 Å². The third kappa shape index (κ3) is 4.01. The Morgan fingerprint density at radius 1 is 1.31 bits per heavy atom. The van der Waals surface area contributed by atoms with E-state index >= 15 is 0 Å². The number of allylic oxidation sites excluding steroid dienone is 1. The van der Waals surface area contributed by atoms with Gasteiger partial charge in [0.05, 0.1) is 28.2 Å². The summed E-state index contributed by atoms with van der Waals surface area (Å²) in [4.78, 5) is 7.63. The lowest BCUT2D eigenvalue weighted by atomic mass is 10.1. The summed E-state index contributed by atoms with van der Waals surface area (Å²) < 4.78 is 5.85. The van der Waals surface area contributed by atoms with Crippen LogP contribution in [0, 0.1) is 17.2 Å². The first-order valence-electron chi connectivity index (χ1n) is 8.16. The number of para-hydroxylation sites is 2. The Labute approximate surface area is 162 Å². The van der Waals surface area contributed by atoms with Crippen LogP contribution in [-0.2, 0) is 0 Å². The lowest BCUT2D eigenvalue weighted by molar-refractivity contribution is 0.271. The van der Waals surface area contributed by atoms with Gasteiger partial charge in [0.15, 0.2) is 0 Å². The number of aromatic amines is 1. The van der Waals surface area contributed by atoms with Gasteiger partial charge in [-0.15, -0.1) is 0 Å². The molecule has 0 radical (unpaired) electrons. The van der Waals surface area contributed by atoms with Crippen molar-refractivity contribution in [3.8, 4) is 11.8 Å². The quantitative estimate of drug-likeness (QED) is 0.550. The van der Waals surface area contributed by atoms with Gasteiger partial charge in [-0.2, -0.15) is 5.26 Å². The van der Waals surface area contributed by atoms with Crippen molar-refractivity contribution < 1.29 is 4.74 Å². The summed E-state index contributed by atoms with van der Waals surface area (Å²) in [6, 6.07) is 13.1. The maximum absolute atomic E-state index is 9.63. The van der Waals surface area contributed by atoms with Crippen LogP contribution in [0.5, 0.6) is 5.75 Å². The number of H-pyrrole nitrogens is 1. The highest BCUT2D eigenvalue weighted by atomic mass is 35.5. The molecule has 3 aromatic rings. The van der Waals surface area contributed by atoms with Crippen molar-refractivity contribution in [2.45, 2.75) is 13.8 Å². The smallest absolute Gasteiger partial charge is 0.149 e. The minimum Gasteiger partial charge on any atom is -0.491 e. The Kier molecular flexibility index (Phi) is 5.51. The summed E-state index contributed by atoms with van der Waals surface area (Å²) in [6.07, 6.45) is 1.69. The van der Waals surface area contributed by atoms with Crippen LogP contribution in [-0.4, -0.2) is 16.6 Å². The molecule has 0 unspecified atom stereocenters. The van der Waals surface area contributed by atoms with Gasteiger partial charge in [-0.25, -0.2) is 4.98 Å². The Bertz CT molecular complexity index is 983. The molecule has 1 N–H and O–H groups in total. The van der Waals surface area contributed by atoms with Crippen molar-refractivity contribution in [1.82, 2.24) is 9.97 Å². The second-order valence-corrected chi connectivity index (χ2v) is 7.13. The summed E-state index contributed by atoms with van der Waals surface area (Å²) in [5.74, 6) is 1.33. The number of ether oxygens (including phenoxy) is 1. The van der Waals surface area contributed by atoms with Crippen LogP contribution in [0.15, 0.2) is 36.4 Å². The molecule has 1 aromatic heterocycles. The highest BCUT2D eigenvalue weighted by molar-refractivity contribution is 6.36. The van der Waals surface area contributed by atoms with Crippen LogP contribution in [0.4, 0.5) is 0 Å². The molecule has 0 aliphatic carbocycles. The zero-order valence-corrected chi connectivity index (χ0v) is 15.9. The molecule has 4 nitrogen and oxygen atoms in total. The van der Waals surface area contributed by atoms with Gasteiger partial charge in [0.1, 0.15) is 17.6 Å². The van der Waals surface area contributed by atoms with Gasteiger partial charge < -0.3 is 9.72 Å². The Balaban J connectivity index is 2.07. The molecule has 26 heavy (non-hydrogen) atoms. The molecule has 0 bridgehead atoms. The molecule has 0 saturated heterocycles. The van der Waals surface area contributed by atoms with Crippen molar-refractivity contribution >= 4 is 45.9 Å². The van der Waals surface area contributed by atoms with Gasteiger partial charge >= 0.3 is 0 Å². The van der Waals surface area contributed by atoms with Crippen LogP contribution >= 0.6 is 23.2 Å². The number of hydrogen-bond donors (Lipinski definition) is 1. The fourth-order valence-corrected chi connectivity index (χ4v) is 3.04. The number of nitriles is 1. The van der Waals surface area contributed by atoms with Crippen molar-refractivity contribution in [3.05, 3.63) is 57.8 Å². The number of halogens is 2. The van der Waals surface area contributed by atoms with Crippen molar-refractivity contribution in [2.75, 3.05) is 6.61 Å². The van der Waals surface area contributed by atoms with Gasteiger partial charge in [0, 0.05) is 10.6 Å². The molecule has 132 valence electrons. The van der Waals surface area contributed by atoms with Gasteiger partial charge in [-0.05, 0) is 36.3 Å². The van der Waals surface area contributed by atoms with E-state index in [2.05, 4.69) is 29.9 Å². The Hall–Kier alpha value is -2.48. The molecule has 0 aliphatic heterocycles. The molecular formula is C20H17Cl2N3O. The SMILES string of the molecule is CC(C)COc1c(Cl)cc(Cl)cc1/C=C(\C#N)c1nc2ccccc2[nH]1. The summed E-state index contributed by atoms with van der Waals surface area (Å²) in [6.45, 7) is 4.61. The number of benzene rings is 2. The average Bonchev–Trinajstić information content (AvgIpc) is 3.02. The molecule has 0 amide bonds. The topological polar surface area (TPSA) is 61.7 Å². The van der Waals surface area contributed by atoms with Gasteiger partial charge in [0.25, 0.3) is 0 Å². The van der Waals surface area contributed by atoms with Crippen LogP contribution in [0.3, 0.4) is 0 Å². The molecule has 6 heteroatoms. The molecule has 0 fully saturated rings.